The van der Waals surface area contributed by atoms with Crippen LogP contribution in [0, 0.1) is 0 Å². The molecule has 2 aromatic rings. The van der Waals surface area contributed by atoms with E-state index < -0.39 is 5.54 Å². The molecule has 2 rings (SSSR count). The minimum Gasteiger partial charge on any atom is -0.333 e. The zero-order valence-electron chi connectivity index (χ0n) is 9.65. The van der Waals surface area contributed by atoms with Gasteiger partial charge in [-0.25, -0.2) is 0 Å². The summed E-state index contributed by atoms with van der Waals surface area (Å²) in [6.45, 7) is 5.83. The summed E-state index contributed by atoms with van der Waals surface area (Å²) < 4.78 is 5.20. The van der Waals surface area contributed by atoms with Gasteiger partial charge in [-0.05, 0) is 32.4 Å². The lowest BCUT2D eigenvalue weighted by Crippen LogP contribution is -2.30. The van der Waals surface area contributed by atoms with Crippen LogP contribution in [0.2, 0.25) is 0 Å². The second-order valence-corrected chi connectivity index (χ2v) is 5.43. The maximum absolute atomic E-state index is 5.90. The monoisotopic (exact) mass is 237 g/mol. The molecule has 16 heavy (non-hydrogen) atoms. The number of aromatic nitrogens is 2. The minimum atomic E-state index is -0.563. The number of hydrogen-bond acceptors (Lipinski definition) is 5. The van der Waals surface area contributed by atoms with Crippen LogP contribution in [-0.2, 0) is 12.0 Å². The van der Waals surface area contributed by atoms with Gasteiger partial charge in [0.25, 0.3) is 5.89 Å². The first-order valence-corrected chi connectivity index (χ1v) is 6.04. The van der Waals surface area contributed by atoms with Crippen molar-refractivity contribution >= 4 is 11.3 Å². The lowest BCUT2D eigenvalue weighted by molar-refractivity contribution is 0.397. The highest BCUT2D eigenvalue weighted by Gasteiger charge is 2.22. The van der Waals surface area contributed by atoms with Gasteiger partial charge in [-0.2, -0.15) is 4.98 Å². The Labute approximate surface area is 98.5 Å². The Morgan fingerprint density at radius 3 is 2.69 bits per heavy atom. The first kappa shape index (κ1) is 11.3. The third-order valence-electron chi connectivity index (χ3n) is 2.22. The third-order valence-corrected chi connectivity index (χ3v) is 3.44. The number of thiophene rings is 1. The summed E-state index contributed by atoms with van der Waals surface area (Å²) in [5, 5.41) is 3.89. The van der Waals surface area contributed by atoms with E-state index in [9.17, 15) is 0 Å². The fourth-order valence-electron chi connectivity index (χ4n) is 1.27. The lowest BCUT2D eigenvalue weighted by Gasteiger charge is -2.11. The molecule has 0 bridgehead atoms. The van der Waals surface area contributed by atoms with Gasteiger partial charge >= 0.3 is 0 Å². The van der Waals surface area contributed by atoms with Crippen molar-refractivity contribution in [2.24, 2.45) is 5.73 Å². The Bertz CT molecular complexity index is 481. The molecule has 5 heteroatoms. The number of nitrogens with two attached hydrogens (primary N) is 1. The average molecular weight is 237 g/mol. The van der Waals surface area contributed by atoms with E-state index in [0.717, 1.165) is 11.3 Å². The molecule has 2 N–H and O–H groups in total. The van der Waals surface area contributed by atoms with Crippen molar-refractivity contribution in [3.63, 3.8) is 0 Å². The van der Waals surface area contributed by atoms with E-state index in [1.807, 2.05) is 19.9 Å². The van der Waals surface area contributed by atoms with E-state index in [1.54, 1.807) is 11.3 Å². The normalized spacial score (nSPS) is 12.0. The largest absolute Gasteiger partial charge is 0.333 e. The van der Waals surface area contributed by atoms with E-state index in [2.05, 4.69) is 23.1 Å². The van der Waals surface area contributed by atoms with Crippen molar-refractivity contribution in [1.82, 2.24) is 10.1 Å². The number of nitrogens with zero attached hydrogens (tertiary/aromatic N) is 2. The van der Waals surface area contributed by atoms with Gasteiger partial charge in [0.1, 0.15) is 0 Å². The van der Waals surface area contributed by atoms with E-state index in [0.29, 0.717) is 11.7 Å². The Morgan fingerprint density at radius 2 is 2.19 bits per heavy atom. The second-order valence-electron chi connectivity index (χ2n) is 4.26. The SMILES string of the molecule is CCc1ccc(-c2nc(C(C)(C)N)no2)s1. The van der Waals surface area contributed by atoms with Crippen LogP contribution in [0.25, 0.3) is 10.8 Å². The van der Waals surface area contributed by atoms with Crippen LogP contribution < -0.4 is 5.73 Å². The standard InChI is InChI=1S/C11H15N3OS/c1-4-7-5-6-8(16-7)9-13-10(14-15-9)11(2,3)12/h5-6H,4,12H2,1-3H3. The van der Waals surface area contributed by atoms with Crippen molar-refractivity contribution in [2.45, 2.75) is 32.7 Å². The van der Waals surface area contributed by atoms with Gasteiger partial charge in [-0.3, -0.25) is 0 Å². The molecule has 4 nitrogen and oxygen atoms in total. The fraction of sp³-hybridized carbons (Fsp3) is 0.455. The highest BCUT2D eigenvalue weighted by molar-refractivity contribution is 7.15. The molecule has 0 unspecified atom stereocenters. The molecule has 0 aliphatic rings. The molecule has 0 amide bonds. The number of rotatable bonds is 3. The van der Waals surface area contributed by atoms with Gasteiger partial charge in [0.05, 0.1) is 10.4 Å². The number of hydrogen-bond donors (Lipinski definition) is 1. The second kappa shape index (κ2) is 3.99. The van der Waals surface area contributed by atoms with Gasteiger partial charge in [0, 0.05) is 4.88 Å². The van der Waals surface area contributed by atoms with Crippen molar-refractivity contribution in [2.75, 3.05) is 0 Å². The van der Waals surface area contributed by atoms with Gasteiger partial charge in [0.15, 0.2) is 5.82 Å². The predicted octanol–water partition coefficient (Wildman–Crippen LogP) is 2.55. The van der Waals surface area contributed by atoms with Crippen LogP contribution in [0.1, 0.15) is 31.5 Å². The summed E-state index contributed by atoms with van der Waals surface area (Å²) in [5.74, 6) is 1.09. The summed E-state index contributed by atoms with van der Waals surface area (Å²) in [7, 11) is 0. The fourth-order valence-corrected chi connectivity index (χ4v) is 2.14. The van der Waals surface area contributed by atoms with Crippen molar-refractivity contribution in [3.8, 4) is 10.8 Å². The molecule has 0 atom stereocenters. The van der Waals surface area contributed by atoms with E-state index in [4.69, 9.17) is 10.3 Å². The maximum atomic E-state index is 5.90. The first-order chi connectivity index (χ1) is 7.50. The smallest absolute Gasteiger partial charge is 0.268 e. The molecule has 0 aliphatic carbocycles. The summed E-state index contributed by atoms with van der Waals surface area (Å²) in [6.07, 6.45) is 1.02. The molecule has 0 fully saturated rings. The lowest BCUT2D eigenvalue weighted by atomic mass is 10.1. The average Bonchev–Trinajstić information content (AvgIpc) is 2.85. The molecular formula is C11H15N3OS. The Morgan fingerprint density at radius 1 is 1.44 bits per heavy atom. The molecule has 2 heterocycles. The maximum Gasteiger partial charge on any atom is 0.268 e. The highest BCUT2D eigenvalue weighted by Crippen LogP contribution is 2.28. The van der Waals surface area contributed by atoms with Gasteiger partial charge in [0.2, 0.25) is 0 Å². The van der Waals surface area contributed by atoms with Crippen LogP contribution in [0.3, 0.4) is 0 Å². The van der Waals surface area contributed by atoms with Crippen LogP contribution in [-0.4, -0.2) is 10.1 Å². The predicted molar refractivity (Wildman–Crippen MR) is 64.2 cm³/mol. The molecule has 0 aliphatic heterocycles. The Hall–Kier alpha value is -1.20. The molecule has 0 saturated heterocycles. The quantitative estimate of drug-likeness (QED) is 0.891. The minimum absolute atomic E-state index is 0.536. The van der Waals surface area contributed by atoms with Crippen molar-refractivity contribution in [1.29, 1.82) is 0 Å². The molecular weight excluding hydrogens is 222 g/mol. The zero-order chi connectivity index (χ0) is 11.8. The summed E-state index contributed by atoms with van der Waals surface area (Å²) >= 11 is 1.67. The highest BCUT2D eigenvalue weighted by atomic mass is 32.1. The molecule has 0 radical (unpaired) electrons. The third kappa shape index (κ3) is 2.15. The van der Waals surface area contributed by atoms with Crippen molar-refractivity contribution < 1.29 is 4.52 Å². The van der Waals surface area contributed by atoms with Gasteiger partial charge < -0.3 is 10.3 Å². The van der Waals surface area contributed by atoms with E-state index in [1.165, 1.54) is 4.88 Å². The Balaban J connectivity index is 2.31. The van der Waals surface area contributed by atoms with Crippen LogP contribution in [0.15, 0.2) is 16.7 Å². The van der Waals surface area contributed by atoms with Gasteiger partial charge in [-0.1, -0.05) is 12.1 Å². The summed E-state index contributed by atoms with van der Waals surface area (Å²) in [6, 6.07) is 4.09. The first-order valence-electron chi connectivity index (χ1n) is 5.23. The van der Waals surface area contributed by atoms with Gasteiger partial charge in [-0.15, -0.1) is 11.3 Å². The van der Waals surface area contributed by atoms with Crippen LogP contribution in [0.5, 0.6) is 0 Å². The Kier molecular flexibility index (Phi) is 2.82. The van der Waals surface area contributed by atoms with E-state index in [-0.39, 0.29) is 0 Å². The topological polar surface area (TPSA) is 64.9 Å². The molecule has 0 spiro atoms. The van der Waals surface area contributed by atoms with Crippen LogP contribution >= 0.6 is 11.3 Å². The zero-order valence-corrected chi connectivity index (χ0v) is 10.5. The van der Waals surface area contributed by atoms with Crippen LogP contribution in [0.4, 0.5) is 0 Å². The molecule has 0 aromatic carbocycles. The summed E-state index contributed by atoms with van der Waals surface area (Å²) in [5.41, 5.74) is 5.34. The van der Waals surface area contributed by atoms with Crippen molar-refractivity contribution in [3.05, 3.63) is 22.8 Å². The molecule has 0 saturated carbocycles. The number of aryl methyl sites for hydroxylation is 1. The molecule has 2 aromatic heterocycles. The molecule has 86 valence electrons. The van der Waals surface area contributed by atoms with E-state index >= 15 is 0 Å². The summed E-state index contributed by atoms with van der Waals surface area (Å²) in [4.78, 5) is 6.61.